The molecule has 0 radical (unpaired) electrons. The van der Waals surface area contributed by atoms with E-state index in [0.29, 0.717) is 15.6 Å². The van der Waals surface area contributed by atoms with Crippen LogP contribution in [0.25, 0.3) is 0 Å². The van der Waals surface area contributed by atoms with Gasteiger partial charge in [-0.2, -0.15) is 0 Å². The van der Waals surface area contributed by atoms with Crippen LogP contribution in [0.1, 0.15) is 17.3 Å². The zero-order valence-electron chi connectivity index (χ0n) is 5.90. The second-order valence-corrected chi connectivity index (χ2v) is 3.02. The van der Waals surface area contributed by atoms with Crippen molar-refractivity contribution in [2.75, 3.05) is 0 Å². The summed E-state index contributed by atoms with van der Waals surface area (Å²) in [6.07, 6.45) is 0. The summed E-state index contributed by atoms with van der Waals surface area (Å²) >= 11 is 11.3. The Morgan fingerprint density at radius 2 is 2.00 bits per heavy atom. The molecule has 0 unspecified atom stereocenters. The minimum atomic E-state index is -0.0494. The molecule has 1 aromatic rings. The van der Waals surface area contributed by atoms with Crippen molar-refractivity contribution in [3.63, 3.8) is 0 Å². The van der Waals surface area contributed by atoms with E-state index >= 15 is 0 Å². The topological polar surface area (TPSA) is 17.1 Å². The van der Waals surface area contributed by atoms with Crippen molar-refractivity contribution < 1.29 is 4.79 Å². The molecular formula is C8H6Cl2O. The molecule has 1 nitrogen and oxygen atoms in total. The zero-order chi connectivity index (χ0) is 8.43. The molecule has 0 atom stereocenters. The average Bonchev–Trinajstić information content (AvgIpc) is 1.85. The maximum atomic E-state index is 10.8. The molecular weight excluding hydrogens is 190 g/mol. The van der Waals surface area contributed by atoms with Gasteiger partial charge in [0.25, 0.3) is 0 Å². The van der Waals surface area contributed by atoms with Crippen molar-refractivity contribution >= 4 is 29.0 Å². The lowest BCUT2D eigenvalue weighted by molar-refractivity contribution is 0.101. The molecule has 11 heavy (non-hydrogen) atoms. The monoisotopic (exact) mass is 195 g/mol. The van der Waals surface area contributed by atoms with Crippen LogP contribution in [0.15, 0.2) is 18.2 Å². The summed E-state index contributed by atoms with van der Waals surface area (Å²) in [5.41, 5.74) is 0.510. The summed E-state index contributed by atoms with van der Waals surface area (Å²) in [6, 6.07) is 4.82. The van der Waals surface area contributed by atoms with Crippen molar-refractivity contribution in [1.82, 2.24) is 0 Å². The van der Waals surface area contributed by atoms with Crippen LogP contribution < -0.4 is 0 Å². The molecule has 0 amide bonds. The Balaban J connectivity index is 3.20. The number of halogens is 2. The Morgan fingerprint density at radius 3 is 2.45 bits per heavy atom. The van der Waals surface area contributed by atoms with E-state index in [1.54, 1.807) is 18.2 Å². The molecule has 58 valence electrons. The number of rotatable bonds is 1. The normalized spacial score (nSPS) is 9.73. The van der Waals surface area contributed by atoms with Crippen molar-refractivity contribution in [1.29, 1.82) is 0 Å². The van der Waals surface area contributed by atoms with E-state index in [4.69, 9.17) is 23.2 Å². The number of carbonyl (C=O) groups is 1. The number of hydrogen-bond donors (Lipinski definition) is 0. The van der Waals surface area contributed by atoms with Gasteiger partial charge in [0.15, 0.2) is 5.78 Å². The molecule has 0 bridgehead atoms. The van der Waals surface area contributed by atoms with E-state index in [-0.39, 0.29) is 5.78 Å². The first-order valence-electron chi connectivity index (χ1n) is 3.07. The van der Waals surface area contributed by atoms with Crippen molar-refractivity contribution in [3.8, 4) is 0 Å². The third-order valence-corrected chi connectivity index (χ3v) is 1.86. The first-order valence-corrected chi connectivity index (χ1v) is 3.83. The van der Waals surface area contributed by atoms with Gasteiger partial charge in [-0.05, 0) is 25.1 Å². The lowest BCUT2D eigenvalue weighted by Crippen LogP contribution is -1.91. The molecule has 0 aliphatic carbocycles. The highest BCUT2D eigenvalue weighted by Gasteiger charge is 2.04. The first kappa shape index (κ1) is 8.57. The lowest BCUT2D eigenvalue weighted by atomic mass is 11.0. The molecule has 3 heteroatoms. The summed E-state index contributed by atoms with van der Waals surface area (Å²) in [6.45, 7) is 1.47. The van der Waals surface area contributed by atoms with E-state index in [9.17, 15) is 4.79 Å². The molecule has 0 aliphatic rings. The fraction of sp³-hybridized carbons (Fsp3) is 0.125. The second-order valence-electron chi connectivity index (χ2n) is 2.18. The molecule has 0 aromatic heterocycles. The summed E-state index contributed by atoms with van der Waals surface area (Å²) in [5.74, 6) is -0.0494. The third-order valence-electron chi connectivity index (χ3n) is 1.31. The van der Waals surface area contributed by atoms with Gasteiger partial charge in [-0.3, -0.25) is 4.79 Å². The second kappa shape index (κ2) is 3.24. The van der Waals surface area contributed by atoms with Gasteiger partial charge in [-0.15, -0.1) is 0 Å². The first-order chi connectivity index (χ1) is 5.11. The minimum absolute atomic E-state index is 0.0494. The summed E-state index contributed by atoms with van der Waals surface area (Å²) in [4.78, 5) is 10.8. The fourth-order valence-electron chi connectivity index (χ4n) is 0.775. The maximum absolute atomic E-state index is 10.8. The summed E-state index contributed by atoms with van der Waals surface area (Å²) in [7, 11) is 0. The standard InChI is InChI=1S/C8H6Cl2O/c1-5(11)7-3-2-6(9)4-8(7)10/h2-4H,1H3/i2+1,3+1,4+1,5+1,6+1,7+1,8+1. The third kappa shape index (κ3) is 1.95. The van der Waals surface area contributed by atoms with Crippen LogP contribution in [0.5, 0.6) is 0 Å². The van der Waals surface area contributed by atoms with Crippen molar-refractivity contribution in [3.05, 3.63) is 33.8 Å². The van der Waals surface area contributed by atoms with Crippen LogP contribution in [0, 0.1) is 0 Å². The van der Waals surface area contributed by atoms with Crippen LogP contribution in [-0.2, 0) is 0 Å². The molecule has 0 fully saturated rings. The van der Waals surface area contributed by atoms with Crippen LogP contribution >= 0.6 is 23.2 Å². The average molecular weight is 196 g/mol. The Bertz CT molecular complexity index is 294. The van der Waals surface area contributed by atoms with E-state index < -0.39 is 0 Å². The quantitative estimate of drug-likeness (QED) is 0.497. The molecule has 0 spiro atoms. The highest BCUT2D eigenvalue weighted by molar-refractivity contribution is 6.36. The number of ketones is 1. The van der Waals surface area contributed by atoms with Crippen LogP contribution in [0.2, 0.25) is 10.0 Å². The van der Waals surface area contributed by atoms with Gasteiger partial charge in [0.05, 0.1) is 5.02 Å². The van der Waals surface area contributed by atoms with Gasteiger partial charge in [0.1, 0.15) is 0 Å². The van der Waals surface area contributed by atoms with Gasteiger partial charge < -0.3 is 0 Å². The van der Waals surface area contributed by atoms with E-state index in [1.165, 1.54) is 6.92 Å². The van der Waals surface area contributed by atoms with Crippen LogP contribution in [0.3, 0.4) is 0 Å². The summed E-state index contributed by atoms with van der Waals surface area (Å²) in [5, 5.41) is 0.949. The maximum Gasteiger partial charge on any atom is 0.161 e. The predicted molar refractivity (Wildman–Crippen MR) is 46.5 cm³/mol. The van der Waals surface area contributed by atoms with Gasteiger partial charge >= 0.3 is 0 Å². The molecule has 1 aromatic carbocycles. The number of benzene rings is 1. The Morgan fingerprint density at radius 1 is 1.36 bits per heavy atom. The minimum Gasteiger partial charge on any atom is -0.294 e. The van der Waals surface area contributed by atoms with Gasteiger partial charge in [-0.25, -0.2) is 0 Å². The number of Topliss-reactive ketones (excluding diaryl/α,β-unsaturated/α-hetero) is 1. The molecule has 0 aliphatic heterocycles. The lowest BCUT2D eigenvalue weighted by Gasteiger charge is -1.98. The largest absolute Gasteiger partial charge is 0.294 e. The van der Waals surface area contributed by atoms with E-state index in [0.717, 1.165) is 0 Å². The Hall–Kier alpha value is -0.530. The highest BCUT2D eigenvalue weighted by atomic mass is 35.5. The Labute approximate surface area is 74.9 Å². The fourth-order valence-corrected chi connectivity index (χ4v) is 1.32. The van der Waals surface area contributed by atoms with Gasteiger partial charge in [0.2, 0.25) is 0 Å². The van der Waals surface area contributed by atoms with Crippen LogP contribution in [0.4, 0.5) is 0 Å². The molecule has 0 saturated carbocycles. The van der Waals surface area contributed by atoms with Crippen molar-refractivity contribution in [2.24, 2.45) is 0 Å². The molecule has 0 heterocycles. The van der Waals surface area contributed by atoms with E-state index in [2.05, 4.69) is 0 Å². The zero-order valence-corrected chi connectivity index (χ0v) is 7.41. The molecule has 0 saturated heterocycles. The molecule has 0 N–H and O–H groups in total. The smallest absolute Gasteiger partial charge is 0.161 e. The van der Waals surface area contributed by atoms with Crippen LogP contribution in [-0.4, -0.2) is 5.78 Å². The number of hydrogen-bond acceptors (Lipinski definition) is 1. The van der Waals surface area contributed by atoms with Gasteiger partial charge in [-0.1, -0.05) is 23.2 Å². The summed E-state index contributed by atoms with van der Waals surface area (Å²) < 4.78 is 0. The molecule has 1 rings (SSSR count). The highest BCUT2D eigenvalue weighted by Crippen LogP contribution is 2.20. The van der Waals surface area contributed by atoms with Crippen molar-refractivity contribution in [2.45, 2.75) is 6.92 Å². The SMILES string of the molecule is C[13C](=O)[13c]1[13cH][13cH][13c](Cl)[13cH][13c]1Cl. The van der Waals surface area contributed by atoms with Gasteiger partial charge in [0, 0.05) is 10.6 Å². The van der Waals surface area contributed by atoms with E-state index in [1.807, 2.05) is 0 Å². The Kier molecular flexibility index (Phi) is 2.53. The predicted octanol–water partition coefficient (Wildman–Crippen LogP) is 3.20. The number of carbonyl (C=O) groups excluding carboxylic acids is 1.